The molecule has 0 fully saturated rings. The van der Waals surface area contributed by atoms with E-state index in [1.54, 1.807) is 4.90 Å². The molecule has 0 aliphatic rings. The Hall–Kier alpha value is -1.49. The first-order valence-electron chi connectivity index (χ1n) is 6.93. The molecule has 0 saturated carbocycles. The molecule has 1 aromatic rings. The zero-order valence-electron chi connectivity index (χ0n) is 12.0. The summed E-state index contributed by atoms with van der Waals surface area (Å²) in [4.78, 5) is 13.8. The number of rotatable bonds is 7. The van der Waals surface area contributed by atoms with Crippen LogP contribution in [0.1, 0.15) is 32.3 Å². The Morgan fingerprint density at radius 3 is 2.50 bits per heavy atom. The number of halogens is 2. The van der Waals surface area contributed by atoms with Gasteiger partial charge in [-0.25, -0.2) is 8.78 Å². The lowest BCUT2D eigenvalue weighted by Gasteiger charge is -2.23. The van der Waals surface area contributed by atoms with Gasteiger partial charge in [0, 0.05) is 19.5 Å². The lowest BCUT2D eigenvalue weighted by molar-refractivity contribution is -0.132. The normalized spacial score (nSPS) is 12.2. The Balaban J connectivity index is 2.70. The van der Waals surface area contributed by atoms with Gasteiger partial charge in [-0.3, -0.25) is 4.79 Å². The van der Waals surface area contributed by atoms with Gasteiger partial charge < -0.3 is 10.6 Å². The molecule has 112 valence electrons. The van der Waals surface area contributed by atoms with Crippen LogP contribution < -0.4 is 5.73 Å². The number of benzene rings is 1. The topological polar surface area (TPSA) is 46.3 Å². The van der Waals surface area contributed by atoms with Crippen molar-refractivity contribution in [1.29, 1.82) is 0 Å². The summed E-state index contributed by atoms with van der Waals surface area (Å²) in [6.45, 7) is 5.15. The van der Waals surface area contributed by atoms with E-state index in [-0.39, 0.29) is 18.4 Å². The number of hydrogen-bond acceptors (Lipinski definition) is 2. The third kappa shape index (κ3) is 4.56. The van der Waals surface area contributed by atoms with E-state index in [2.05, 4.69) is 0 Å². The highest BCUT2D eigenvalue weighted by molar-refractivity contribution is 5.76. The summed E-state index contributed by atoms with van der Waals surface area (Å²) in [5, 5.41) is 0. The van der Waals surface area contributed by atoms with Gasteiger partial charge >= 0.3 is 0 Å². The summed E-state index contributed by atoms with van der Waals surface area (Å²) in [6, 6.07) is 3.71. The molecule has 2 N–H and O–H groups in total. The van der Waals surface area contributed by atoms with E-state index in [1.807, 2.05) is 13.8 Å². The molecule has 1 atom stereocenters. The molecule has 1 aromatic carbocycles. The standard InChI is InChI=1S/C15H22F2N2O/c1-3-11(9-18)8-15(20)19(4-2)10-12-5-6-13(16)14(17)7-12/h5-7,11H,3-4,8-10,18H2,1-2H3. The highest BCUT2D eigenvalue weighted by atomic mass is 19.2. The summed E-state index contributed by atoms with van der Waals surface area (Å²) >= 11 is 0. The number of carbonyl (C=O) groups excluding carboxylic acids is 1. The van der Waals surface area contributed by atoms with Crippen LogP contribution in [0, 0.1) is 17.6 Å². The van der Waals surface area contributed by atoms with E-state index in [9.17, 15) is 13.6 Å². The molecule has 0 saturated heterocycles. The van der Waals surface area contributed by atoms with Crippen LogP contribution in [0.4, 0.5) is 8.78 Å². The van der Waals surface area contributed by atoms with Crippen molar-refractivity contribution in [2.75, 3.05) is 13.1 Å². The largest absolute Gasteiger partial charge is 0.339 e. The van der Waals surface area contributed by atoms with Gasteiger partial charge in [-0.2, -0.15) is 0 Å². The highest BCUT2D eigenvalue weighted by Crippen LogP contribution is 2.14. The van der Waals surface area contributed by atoms with Gasteiger partial charge in [-0.15, -0.1) is 0 Å². The first-order valence-corrected chi connectivity index (χ1v) is 6.93. The third-order valence-electron chi connectivity index (χ3n) is 3.47. The van der Waals surface area contributed by atoms with Gasteiger partial charge in [0.15, 0.2) is 11.6 Å². The molecular formula is C15H22F2N2O. The van der Waals surface area contributed by atoms with Gasteiger partial charge in [-0.1, -0.05) is 19.4 Å². The molecular weight excluding hydrogens is 262 g/mol. The van der Waals surface area contributed by atoms with Crippen LogP contribution in [0.2, 0.25) is 0 Å². The first kappa shape index (κ1) is 16.6. The first-order chi connectivity index (χ1) is 9.51. The highest BCUT2D eigenvalue weighted by Gasteiger charge is 2.17. The lowest BCUT2D eigenvalue weighted by atomic mass is 10.0. The van der Waals surface area contributed by atoms with Crippen LogP contribution in [0.5, 0.6) is 0 Å². The van der Waals surface area contributed by atoms with E-state index in [0.29, 0.717) is 25.1 Å². The van der Waals surface area contributed by atoms with E-state index in [1.165, 1.54) is 6.07 Å². The number of carbonyl (C=O) groups is 1. The van der Waals surface area contributed by atoms with Crippen LogP contribution in [-0.2, 0) is 11.3 Å². The van der Waals surface area contributed by atoms with Crippen LogP contribution in [0.25, 0.3) is 0 Å². The monoisotopic (exact) mass is 284 g/mol. The molecule has 0 aliphatic heterocycles. The molecule has 0 heterocycles. The van der Waals surface area contributed by atoms with Crippen molar-refractivity contribution in [3.63, 3.8) is 0 Å². The van der Waals surface area contributed by atoms with Crippen molar-refractivity contribution >= 4 is 5.91 Å². The summed E-state index contributed by atoms with van der Waals surface area (Å²) in [5.41, 5.74) is 6.18. The summed E-state index contributed by atoms with van der Waals surface area (Å²) in [5.74, 6) is -1.60. The minimum Gasteiger partial charge on any atom is -0.339 e. The zero-order valence-corrected chi connectivity index (χ0v) is 12.0. The average molecular weight is 284 g/mol. The number of nitrogens with two attached hydrogens (primary N) is 1. The molecule has 20 heavy (non-hydrogen) atoms. The van der Waals surface area contributed by atoms with Crippen molar-refractivity contribution in [2.24, 2.45) is 11.7 Å². The molecule has 5 heteroatoms. The van der Waals surface area contributed by atoms with E-state index in [4.69, 9.17) is 5.73 Å². The second-order valence-corrected chi connectivity index (χ2v) is 4.87. The fraction of sp³-hybridized carbons (Fsp3) is 0.533. The van der Waals surface area contributed by atoms with Gasteiger partial charge in [0.2, 0.25) is 5.91 Å². The van der Waals surface area contributed by atoms with Crippen LogP contribution >= 0.6 is 0 Å². The molecule has 0 radical (unpaired) electrons. The van der Waals surface area contributed by atoms with Crippen molar-refractivity contribution in [3.8, 4) is 0 Å². The molecule has 0 spiro atoms. The summed E-state index contributed by atoms with van der Waals surface area (Å²) in [6.07, 6.45) is 1.25. The summed E-state index contributed by atoms with van der Waals surface area (Å²) < 4.78 is 26.0. The predicted molar refractivity (Wildman–Crippen MR) is 74.9 cm³/mol. The zero-order chi connectivity index (χ0) is 15.1. The quantitative estimate of drug-likeness (QED) is 0.836. The second-order valence-electron chi connectivity index (χ2n) is 4.87. The maximum Gasteiger partial charge on any atom is 0.223 e. The molecule has 0 aromatic heterocycles. The molecule has 1 amide bonds. The maximum atomic E-state index is 13.2. The molecule has 1 unspecified atom stereocenters. The van der Waals surface area contributed by atoms with Crippen LogP contribution in [0.15, 0.2) is 18.2 Å². The van der Waals surface area contributed by atoms with Gasteiger partial charge in [0.25, 0.3) is 0 Å². The Kier molecular flexibility index (Phi) is 6.58. The smallest absolute Gasteiger partial charge is 0.223 e. The van der Waals surface area contributed by atoms with Crippen LogP contribution in [-0.4, -0.2) is 23.9 Å². The second kappa shape index (κ2) is 7.94. The fourth-order valence-electron chi connectivity index (χ4n) is 2.01. The van der Waals surface area contributed by atoms with Crippen molar-refractivity contribution in [3.05, 3.63) is 35.4 Å². The summed E-state index contributed by atoms with van der Waals surface area (Å²) in [7, 11) is 0. The van der Waals surface area contributed by atoms with Gasteiger partial charge in [0.1, 0.15) is 0 Å². The van der Waals surface area contributed by atoms with Gasteiger partial charge in [-0.05, 0) is 37.1 Å². The van der Waals surface area contributed by atoms with Crippen LogP contribution in [0.3, 0.4) is 0 Å². The average Bonchev–Trinajstić information content (AvgIpc) is 2.45. The minimum atomic E-state index is -0.889. The fourth-order valence-corrected chi connectivity index (χ4v) is 2.01. The molecule has 3 nitrogen and oxygen atoms in total. The Bertz CT molecular complexity index is 447. The third-order valence-corrected chi connectivity index (χ3v) is 3.47. The van der Waals surface area contributed by atoms with Gasteiger partial charge in [0.05, 0.1) is 0 Å². The van der Waals surface area contributed by atoms with E-state index in [0.717, 1.165) is 18.6 Å². The molecule has 0 bridgehead atoms. The van der Waals surface area contributed by atoms with Crippen molar-refractivity contribution in [1.82, 2.24) is 4.90 Å². The predicted octanol–water partition coefficient (Wildman–Crippen LogP) is 2.69. The molecule has 0 aliphatic carbocycles. The van der Waals surface area contributed by atoms with E-state index >= 15 is 0 Å². The van der Waals surface area contributed by atoms with E-state index < -0.39 is 11.6 Å². The number of amides is 1. The maximum absolute atomic E-state index is 13.2. The Morgan fingerprint density at radius 2 is 2.00 bits per heavy atom. The minimum absolute atomic E-state index is 0.00506. The lowest BCUT2D eigenvalue weighted by Crippen LogP contribution is -2.33. The Labute approximate surface area is 118 Å². The number of hydrogen-bond donors (Lipinski definition) is 1. The Morgan fingerprint density at radius 1 is 1.30 bits per heavy atom. The molecule has 1 rings (SSSR count). The SMILES string of the molecule is CCC(CN)CC(=O)N(CC)Cc1ccc(F)c(F)c1. The van der Waals surface area contributed by atoms with Crippen molar-refractivity contribution in [2.45, 2.75) is 33.2 Å². The van der Waals surface area contributed by atoms with Crippen molar-refractivity contribution < 1.29 is 13.6 Å². The number of nitrogens with zero attached hydrogens (tertiary/aromatic N) is 1.